The van der Waals surface area contributed by atoms with Gasteiger partial charge >= 0.3 is 0 Å². The van der Waals surface area contributed by atoms with Crippen molar-refractivity contribution in [1.82, 2.24) is 0 Å². The van der Waals surface area contributed by atoms with E-state index < -0.39 is 31.3 Å². The minimum absolute atomic E-state index is 0.231. The van der Waals surface area contributed by atoms with Gasteiger partial charge in [0.25, 0.3) is 0 Å². The zero-order valence-corrected chi connectivity index (χ0v) is 16.5. The highest BCUT2D eigenvalue weighted by atomic mass is 19.1. The summed E-state index contributed by atoms with van der Waals surface area (Å²) in [5, 5.41) is 10.3. The predicted octanol–water partition coefficient (Wildman–Crippen LogP) is 3.87. The third kappa shape index (κ3) is 12.7. The fraction of sp³-hybridized carbons (Fsp3) is 1.00. The van der Waals surface area contributed by atoms with Gasteiger partial charge in [0, 0.05) is 19.8 Å². The molecule has 0 bridgehead atoms. The van der Waals surface area contributed by atoms with E-state index in [-0.39, 0.29) is 6.61 Å². The number of rotatable bonds is 18. The summed E-state index contributed by atoms with van der Waals surface area (Å²) < 4.78 is 35.6. The maximum Gasteiger partial charge on any atom is 0.183 e. The second kappa shape index (κ2) is 17.2. The first kappa shape index (κ1) is 24.7. The van der Waals surface area contributed by atoms with Crippen LogP contribution >= 0.6 is 0 Å². The highest BCUT2D eigenvalue weighted by Crippen LogP contribution is 2.13. The van der Waals surface area contributed by atoms with Crippen molar-refractivity contribution in [3.63, 3.8) is 0 Å². The number of aliphatic hydroxyl groups excluding tert-OH is 1. The Morgan fingerprint density at radius 3 is 1.96 bits per heavy atom. The summed E-state index contributed by atoms with van der Waals surface area (Å²) in [6.07, 6.45) is 2.70. The molecule has 0 amide bonds. The molecule has 2 unspecified atom stereocenters. The van der Waals surface area contributed by atoms with Gasteiger partial charge in [-0.15, -0.1) is 0 Å². The van der Waals surface area contributed by atoms with Gasteiger partial charge in [-0.25, -0.2) is 4.39 Å². The molecule has 0 spiro atoms. The lowest BCUT2D eigenvalue weighted by Gasteiger charge is -2.29. The molecule has 0 saturated carbocycles. The Bertz CT molecular complexity index is 281. The number of unbranched alkanes of at least 4 members (excludes halogenated alkanes) is 3. The molecule has 0 aromatic heterocycles. The Kier molecular flexibility index (Phi) is 17.0. The second-order valence-corrected chi connectivity index (χ2v) is 6.34. The van der Waals surface area contributed by atoms with Crippen LogP contribution in [0.3, 0.4) is 0 Å². The highest BCUT2D eigenvalue weighted by Gasteiger charge is 2.28. The van der Waals surface area contributed by atoms with Crippen LogP contribution in [-0.2, 0) is 18.9 Å². The average molecular weight is 367 g/mol. The molecule has 0 saturated heterocycles. The molecule has 0 heterocycles. The smallest absolute Gasteiger partial charge is 0.183 e. The summed E-state index contributed by atoms with van der Waals surface area (Å²) in [6, 6.07) is 0. The first-order chi connectivity index (χ1) is 12.1. The van der Waals surface area contributed by atoms with Gasteiger partial charge in [0.15, 0.2) is 6.29 Å². The van der Waals surface area contributed by atoms with E-state index in [2.05, 4.69) is 20.8 Å². The number of aliphatic hydroxyl groups is 1. The summed E-state index contributed by atoms with van der Waals surface area (Å²) in [5.74, 6) is 0. The molecule has 0 aromatic carbocycles. The van der Waals surface area contributed by atoms with Gasteiger partial charge in [0.2, 0.25) is 0 Å². The van der Waals surface area contributed by atoms with Crippen LogP contribution in [0.25, 0.3) is 0 Å². The van der Waals surface area contributed by atoms with Crippen LogP contribution in [0.15, 0.2) is 0 Å². The van der Waals surface area contributed by atoms with Gasteiger partial charge in [0.1, 0.15) is 18.9 Å². The molecule has 0 aliphatic rings. The summed E-state index contributed by atoms with van der Waals surface area (Å²) in [5.41, 5.74) is 0. The van der Waals surface area contributed by atoms with E-state index in [0.717, 1.165) is 38.5 Å². The van der Waals surface area contributed by atoms with Crippen LogP contribution in [0.2, 0.25) is 0 Å². The molecule has 4 atom stereocenters. The van der Waals surface area contributed by atoms with Gasteiger partial charge in [0.05, 0.1) is 12.7 Å². The zero-order valence-electron chi connectivity index (χ0n) is 16.5. The molecular formula is C19H39FO5. The average Bonchev–Trinajstić information content (AvgIpc) is 2.61. The first-order valence-electron chi connectivity index (χ1n) is 9.80. The van der Waals surface area contributed by atoms with Gasteiger partial charge in [-0.1, -0.05) is 40.0 Å². The molecule has 6 heteroatoms. The minimum Gasteiger partial charge on any atom is -0.379 e. The first-order valence-corrected chi connectivity index (χ1v) is 9.80. The molecule has 0 radical (unpaired) electrons. The fourth-order valence-corrected chi connectivity index (χ4v) is 2.10. The monoisotopic (exact) mass is 366 g/mol. The van der Waals surface area contributed by atoms with Crippen molar-refractivity contribution >= 4 is 0 Å². The summed E-state index contributed by atoms with van der Waals surface area (Å²) in [6.45, 7) is 9.18. The van der Waals surface area contributed by atoms with Crippen molar-refractivity contribution < 1.29 is 28.4 Å². The van der Waals surface area contributed by atoms with E-state index in [1.54, 1.807) is 6.92 Å². The van der Waals surface area contributed by atoms with Gasteiger partial charge < -0.3 is 24.1 Å². The minimum atomic E-state index is -1.24. The maximum absolute atomic E-state index is 13.3. The summed E-state index contributed by atoms with van der Waals surface area (Å²) >= 11 is 0. The number of halogens is 1. The lowest BCUT2D eigenvalue weighted by Crippen LogP contribution is -2.42. The van der Waals surface area contributed by atoms with E-state index in [1.807, 2.05) is 0 Å². The van der Waals surface area contributed by atoms with Crippen LogP contribution in [-0.4, -0.2) is 62.8 Å². The molecule has 0 aliphatic carbocycles. The van der Waals surface area contributed by atoms with Gasteiger partial charge in [-0.3, -0.25) is 0 Å². The molecule has 0 fully saturated rings. The lowest BCUT2D eigenvalue weighted by atomic mass is 10.2. The number of alkyl halides is 1. The van der Waals surface area contributed by atoms with E-state index in [9.17, 15) is 9.50 Å². The normalized spacial score (nSPS) is 16.6. The Morgan fingerprint density at radius 2 is 1.40 bits per heavy atom. The summed E-state index contributed by atoms with van der Waals surface area (Å²) in [7, 11) is 0. The molecule has 0 aromatic rings. The van der Waals surface area contributed by atoms with Crippen LogP contribution in [0.1, 0.15) is 66.2 Å². The Morgan fingerprint density at radius 1 is 0.840 bits per heavy atom. The molecule has 152 valence electrons. The third-order valence-corrected chi connectivity index (χ3v) is 3.94. The second-order valence-electron chi connectivity index (χ2n) is 6.34. The van der Waals surface area contributed by atoms with E-state index in [4.69, 9.17) is 18.9 Å². The maximum atomic E-state index is 13.3. The molecule has 25 heavy (non-hydrogen) atoms. The summed E-state index contributed by atoms with van der Waals surface area (Å²) in [4.78, 5) is 0. The van der Waals surface area contributed by atoms with Gasteiger partial charge in [-0.05, 0) is 26.2 Å². The topological polar surface area (TPSA) is 57.2 Å². The molecule has 1 N–H and O–H groups in total. The number of hydrogen-bond acceptors (Lipinski definition) is 5. The van der Waals surface area contributed by atoms with Crippen molar-refractivity contribution in [1.29, 1.82) is 0 Å². The molecule has 5 nitrogen and oxygen atoms in total. The van der Waals surface area contributed by atoms with Crippen molar-refractivity contribution in [3.8, 4) is 0 Å². The van der Waals surface area contributed by atoms with Crippen molar-refractivity contribution in [2.75, 3.05) is 33.1 Å². The number of hydrogen-bond donors (Lipinski definition) is 1. The largest absolute Gasteiger partial charge is 0.379 e. The Hall–Kier alpha value is -0.270. The van der Waals surface area contributed by atoms with E-state index >= 15 is 0 Å². The molecule has 0 rings (SSSR count). The van der Waals surface area contributed by atoms with Crippen molar-refractivity contribution in [2.45, 2.75) is 90.8 Å². The van der Waals surface area contributed by atoms with Crippen molar-refractivity contribution in [3.05, 3.63) is 0 Å². The Balaban J connectivity index is 4.46. The van der Waals surface area contributed by atoms with Gasteiger partial charge in [-0.2, -0.15) is 0 Å². The van der Waals surface area contributed by atoms with E-state index in [0.29, 0.717) is 19.8 Å². The highest BCUT2D eigenvalue weighted by molar-refractivity contribution is 4.70. The zero-order chi connectivity index (χ0) is 18.9. The molecule has 0 aliphatic heterocycles. The van der Waals surface area contributed by atoms with Crippen LogP contribution in [0.4, 0.5) is 4.39 Å². The SMILES string of the molecule is CCCCOC[C@H](OCCCC)C(O)OC(CF)[C@H](C)OCCCC. The third-order valence-electron chi connectivity index (χ3n) is 3.94. The lowest BCUT2D eigenvalue weighted by molar-refractivity contribution is -0.232. The van der Waals surface area contributed by atoms with Crippen LogP contribution in [0, 0.1) is 0 Å². The Labute approximate surface area is 153 Å². The van der Waals surface area contributed by atoms with E-state index in [1.165, 1.54) is 0 Å². The molecular weight excluding hydrogens is 327 g/mol. The van der Waals surface area contributed by atoms with Crippen LogP contribution < -0.4 is 0 Å². The fourth-order valence-electron chi connectivity index (χ4n) is 2.10. The predicted molar refractivity (Wildman–Crippen MR) is 97.6 cm³/mol. The van der Waals surface area contributed by atoms with Crippen LogP contribution in [0.5, 0.6) is 0 Å². The number of ether oxygens (including phenoxy) is 4. The standard InChI is InChI=1S/C19H39FO5/c1-5-8-11-22-15-18(24-13-10-7-3)19(21)25-17(14-20)16(4)23-12-9-6-2/h16-19,21H,5-15H2,1-4H3/t16-,17?,18-,19?/m0/s1. The quantitative estimate of drug-likeness (QED) is 0.295. The van der Waals surface area contributed by atoms with Crippen molar-refractivity contribution in [2.24, 2.45) is 0 Å².